The number of halogens is 2. The molecule has 1 aliphatic rings. The van der Waals surface area contributed by atoms with Gasteiger partial charge in [-0.1, -0.05) is 23.2 Å². The zero-order chi connectivity index (χ0) is 11.5. The van der Waals surface area contributed by atoms with Gasteiger partial charge in [-0.2, -0.15) is 0 Å². The maximum atomic E-state index is 11.3. The molecule has 0 unspecified atom stereocenters. The predicted molar refractivity (Wildman–Crippen MR) is 66.7 cm³/mol. The smallest absolute Gasteiger partial charge is 0.140 e. The minimum Gasteiger partial charge on any atom is -0.388 e. The van der Waals surface area contributed by atoms with Crippen LogP contribution in [-0.2, 0) is 4.79 Å². The average molecular weight is 256 g/mol. The predicted octanol–water partition coefficient (Wildman–Crippen LogP) is 3.29. The summed E-state index contributed by atoms with van der Waals surface area (Å²) in [5.41, 5.74) is 1.74. The molecule has 84 valence electrons. The van der Waals surface area contributed by atoms with Crippen LogP contribution in [0.1, 0.15) is 18.4 Å². The largest absolute Gasteiger partial charge is 0.388 e. The van der Waals surface area contributed by atoms with Crippen molar-refractivity contribution in [2.24, 2.45) is 0 Å². The molecule has 0 spiro atoms. The Morgan fingerprint density at radius 1 is 1.31 bits per heavy atom. The number of nitrogens with one attached hydrogen (secondary N) is 1. The van der Waals surface area contributed by atoms with E-state index in [1.165, 1.54) is 0 Å². The Hall–Kier alpha value is -0.990. The highest BCUT2D eigenvalue weighted by Gasteiger charge is 2.12. The Morgan fingerprint density at radius 3 is 2.88 bits per heavy atom. The zero-order valence-electron chi connectivity index (χ0n) is 8.59. The summed E-state index contributed by atoms with van der Waals surface area (Å²) in [4.78, 5) is 11.3. The molecule has 0 bridgehead atoms. The van der Waals surface area contributed by atoms with E-state index in [0.717, 1.165) is 11.3 Å². The molecular formula is C12H11Cl2NO. The normalized spacial score (nSPS) is 18.6. The molecule has 2 nitrogen and oxygen atoms in total. The Balaban J connectivity index is 2.27. The maximum absolute atomic E-state index is 11.3. The van der Waals surface area contributed by atoms with Crippen LogP contribution in [0.4, 0.5) is 0 Å². The first-order valence-corrected chi connectivity index (χ1v) is 5.82. The molecule has 0 amide bonds. The first-order valence-electron chi connectivity index (χ1n) is 5.06. The van der Waals surface area contributed by atoms with E-state index >= 15 is 0 Å². The van der Waals surface area contributed by atoms with Gasteiger partial charge in [0.2, 0.25) is 0 Å². The second kappa shape index (κ2) is 4.89. The number of hydrogen-bond acceptors (Lipinski definition) is 2. The first-order chi connectivity index (χ1) is 7.65. The third-order valence-corrected chi connectivity index (χ3v) is 3.01. The van der Waals surface area contributed by atoms with Crippen LogP contribution in [0, 0.1) is 0 Å². The van der Waals surface area contributed by atoms with Gasteiger partial charge in [0.1, 0.15) is 5.78 Å². The van der Waals surface area contributed by atoms with E-state index in [-0.39, 0.29) is 5.78 Å². The molecular weight excluding hydrogens is 245 g/mol. The number of ketones is 1. The molecule has 0 radical (unpaired) electrons. The lowest BCUT2D eigenvalue weighted by Crippen LogP contribution is -2.25. The number of carbonyl (C=O) groups is 1. The van der Waals surface area contributed by atoms with Crippen molar-refractivity contribution in [1.82, 2.24) is 5.32 Å². The molecule has 1 aliphatic heterocycles. The number of benzene rings is 1. The van der Waals surface area contributed by atoms with Crippen LogP contribution in [0.3, 0.4) is 0 Å². The zero-order valence-corrected chi connectivity index (χ0v) is 10.1. The fourth-order valence-electron chi connectivity index (χ4n) is 1.64. The molecule has 4 heteroatoms. The highest BCUT2D eigenvalue weighted by atomic mass is 35.5. The van der Waals surface area contributed by atoms with Crippen molar-refractivity contribution < 1.29 is 4.79 Å². The Morgan fingerprint density at radius 2 is 2.12 bits per heavy atom. The highest BCUT2D eigenvalue weighted by molar-refractivity contribution is 6.34. The van der Waals surface area contributed by atoms with Crippen molar-refractivity contribution >= 4 is 35.1 Å². The summed E-state index contributed by atoms with van der Waals surface area (Å²) in [5.74, 6) is 0.253. The molecule has 1 aromatic rings. The van der Waals surface area contributed by atoms with E-state index in [1.54, 1.807) is 18.2 Å². The van der Waals surface area contributed by atoms with Gasteiger partial charge in [-0.3, -0.25) is 4.79 Å². The second-order valence-corrected chi connectivity index (χ2v) is 4.57. The topological polar surface area (TPSA) is 29.1 Å². The minimum atomic E-state index is 0.253. The quantitative estimate of drug-likeness (QED) is 0.835. The SMILES string of the molecule is O=C1CCNC(=Cc2cc(Cl)ccc2Cl)C1. The van der Waals surface area contributed by atoms with Crippen molar-refractivity contribution in [3.63, 3.8) is 0 Å². The van der Waals surface area contributed by atoms with Crippen LogP contribution in [0.2, 0.25) is 10.0 Å². The Bertz CT molecular complexity index is 454. The van der Waals surface area contributed by atoms with E-state index in [9.17, 15) is 4.79 Å². The number of hydrogen-bond donors (Lipinski definition) is 1. The summed E-state index contributed by atoms with van der Waals surface area (Å²) in [6, 6.07) is 5.28. The van der Waals surface area contributed by atoms with E-state index < -0.39 is 0 Å². The minimum absolute atomic E-state index is 0.253. The Labute approximate surface area is 104 Å². The van der Waals surface area contributed by atoms with Crippen LogP contribution in [-0.4, -0.2) is 12.3 Å². The van der Waals surface area contributed by atoms with Crippen LogP contribution < -0.4 is 5.32 Å². The fourth-order valence-corrected chi connectivity index (χ4v) is 1.99. The number of Topliss-reactive ketones (excluding diaryl/α,β-unsaturated/α-hetero) is 1. The van der Waals surface area contributed by atoms with Crippen molar-refractivity contribution in [1.29, 1.82) is 0 Å². The molecule has 0 saturated carbocycles. The van der Waals surface area contributed by atoms with Crippen LogP contribution in [0.25, 0.3) is 6.08 Å². The van der Waals surface area contributed by atoms with Crippen molar-refractivity contribution in [3.05, 3.63) is 39.5 Å². The number of rotatable bonds is 1. The van der Waals surface area contributed by atoms with E-state index in [0.29, 0.717) is 29.4 Å². The van der Waals surface area contributed by atoms with Crippen molar-refractivity contribution in [3.8, 4) is 0 Å². The molecule has 2 rings (SSSR count). The van der Waals surface area contributed by atoms with Gasteiger partial charge >= 0.3 is 0 Å². The van der Waals surface area contributed by atoms with Gasteiger partial charge in [0, 0.05) is 35.1 Å². The van der Waals surface area contributed by atoms with E-state index in [1.807, 2.05) is 6.08 Å². The monoisotopic (exact) mass is 255 g/mol. The molecule has 0 atom stereocenters. The second-order valence-electron chi connectivity index (χ2n) is 3.73. The van der Waals surface area contributed by atoms with E-state index in [4.69, 9.17) is 23.2 Å². The highest BCUT2D eigenvalue weighted by Crippen LogP contribution is 2.23. The molecule has 0 aromatic heterocycles. The standard InChI is InChI=1S/C12H11Cl2NO/c13-9-1-2-12(14)8(5-9)6-10-7-11(16)3-4-15-10/h1-2,5-6,15H,3-4,7H2. The lowest BCUT2D eigenvalue weighted by Gasteiger charge is -2.16. The molecule has 16 heavy (non-hydrogen) atoms. The van der Waals surface area contributed by atoms with Gasteiger partial charge in [-0.25, -0.2) is 0 Å². The van der Waals surface area contributed by atoms with Crippen LogP contribution in [0.5, 0.6) is 0 Å². The van der Waals surface area contributed by atoms with Gasteiger partial charge in [-0.05, 0) is 29.8 Å². The number of carbonyl (C=O) groups excluding carboxylic acids is 1. The summed E-state index contributed by atoms with van der Waals surface area (Å²) in [6.07, 6.45) is 2.93. The van der Waals surface area contributed by atoms with Crippen molar-refractivity contribution in [2.75, 3.05) is 6.54 Å². The maximum Gasteiger partial charge on any atom is 0.140 e. The summed E-state index contributed by atoms with van der Waals surface area (Å²) < 4.78 is 0. The third kappa shape index (κ3) is 2.77. The summed E-state index contributed by atoms with van der Waals surface area (Å²) in [5, 5.41) is 4.46. The lowest BCUT2D eigenvalue weighted by atomic mass is 10.1. The van der Waals surface area contributed by atoms with Crippen LogP contribution >= 0.6 is 23.2 Å². The third-order valence-electron chi connectivity index (χ3n) is 2.43. The lowest BCUT2D eigenvalue weighted by molar-refractivity contribution is -0.119. The molecule has 1 saturated heterocycles. The first kappa shape index (κ1) is 11.5. The summed E-state index contributed by atoms with van der Waals surface area (Å²) in [6.45, 7) is 0.697. The molecule has 1 N–H and O–H groups in total. The number of allylic oxidation sites excluding steroid dienone is 1. The Kier molecular flexibility index (Phi) is 3.52. The molecule has 1 fully saturated rings. The molecule has 0 aliphatic carbocycles. The van der Waals surface area contributed by atoms with Gasteiger partial charge < -0.3 is 5.32 Å². The van der Waals surface area contributed by atoms with Gasteiger partial charge in [0.05, 0.1) is 0 Å². The van der Waals surface area contributed by atoms with Gasteiger partial charge in [0.25, 0.3) is 0 Å². The average Bonchev–Trinajstić information content (AvgIpc) is 2.24. The number of piperidine rings is 1. The van der Waals surface area contributed by atoms with Crippen LogP contribution in [0.15, 0.2) is 23.9 Å². The van der Waals surface area contributed by atoms with Gasteiger partial charge in [0.15, 0.2) is 0 Å². The van der Waals surface area contributed by atoms with E-state index in [2.05, 4.69) is 5.32 Å². The molecule has 1 heterocycles. The summed E-state index contributed by atoms with van der Waals surface area (Å²) in [7, 11) is 0. The fraction of sp³-hybridized carbons (Fsp3) is 0.250. The molecule has 1 aromatic carbocycles. The van der Waals surface area contributed by atoms with Crippen molar-refractivity contribution in [2.45, 2.75) is 12.8 Å². The summed E-state index contributed by atoms with van der Waals surface area (Å²) >= 11 is 11.9. The van der Waals surface area contributed by atoms with Gasteiger partial charge in [-0.15, -0.1) is 0 Å².